The van der Waals surface area contributed by atoms with E-state index in [1.165, 1.54) is 10.9 Å². The first kappa shape index (κ1) is 20.3. The van der Waals surface area contributed by atoms with Crippen molar-refractivity contribution in [2.75, 3.05) is 20.8 Å². The molecule has 0 saturated carbocycles. The molecular weight excluding hydrogens is 406 g/mol. The molecule has 0 unspecified atom stereocenters. The van der Waals surface area contributed by atoms with E-state index in [0.717, 1.165) is 47.1 Å². The smallest absolute Gasteiger partial charge is 0.268 e. The molecule has 0 radical (unpaired) electrons. The van der Waals surface area contributed by atoms with Gasteiger partial charge in [-0.3, -0.25) is 4.79 Å². The van der Waals surface area contributed by atoms with E-state index in [1.54, 1.807) is 14.2 Å². The topological polar surface area (TPSA) is 88.4 Å². The fourth-order valence-electron chi connectivity index (χ4n) is 4.66. The Labute approximate surface area is 186 Å². The number of hydrogen-bond donors (Lipinski definition) is 3. The zero-order chi connectivity index (χ0) is 22.2. The Kier molecular flexibility index (Phi) is 5.17. The number of methoxy groups -OCH3 is 2. The van der Waals surface area contributed by atoms with Crippen molar-refractivity contribution in [3.8, 4) is 17.2 Å². The summed E-state index contributed by atoms with van der Waals surface area (Å²) in [4.78, 5) is 19.9. The molecule has 3 N–H and O–H groups in total. The zero-order valence-corrected chi connectivity index (χ0v) is 18.5. The van der Waals surface area contributed by atoms with Crippen LogP contribution in [-0.2, 0) is 6.42 Å². The Morgan fingerprint density at radius 1 is 1.06 bits per heavy atom. The average molecular weight is 434 g/mol. The maximum absolute atomic E-state index is 13.1. The minimum Gasteiger partial charge on any atom is -0.494 e. The SMILES string of the molecule is CCOc1ccc2[nH]c3c(c2c1)CCC[C@@H]3NC(=O)c1cc2cc(OC)c(OC)cc2[nH]1. The van der Waals surface area contributed by atoms with Crippen LogP contribution in [0.3, 0.4) is 0 Å². The van der Waals surface area contributed by atoms with Crippen LogP contribution in [-0.4, -0.2) is 36.7 Å². The lowest BCUT2D eigenvalue weighted by Gasteiger charge is -2.23. The van der Waals surface area contributed by atoms with E-state index in [-0.39, 0.29) is 11.9 Å². The molecule has 1 aliphatic carbocycles. The molecule has 0 saturated heterocycles. The molecule has 1 atom stereocenters. The fourth-order valence-corrected chi connectivity index (χ4v) is 4.66. The second-order valence-corrected chi connectivity index (χ2v) is 8.05. The van der Waals surface area contributed by atoms with E-state index < -0.39 is 0 Å². The van der Waals surface area contributed by atoms with Crippen LogP contribution < -0.4 is 19.5 Å². The van der Waals surface area contributed by atoms with E-state index >= 15 is 0 Å². The largest absolute Gasteiger partial charge is 0.494 e. The third-order valence-electron chi connectivity index (χ3n) is 6.16. The Bertz CT molecular complexity index is 1260. The van der Waals surface area contributed by atoms with E-state index in [2.05, 4.69) is 27.4 Å². The molecule has 2 aromatic carbocycles. The van der Waals surface area contributed by atoms with Crippen molar-refractivity contribution in [1.82, 2.24) is 15.3 Å². The van der Waals surface area contributed by atoms with Gasteiger partial charge in [-0.2, -0.15) is 0 Å². The van der Waals surface area contributed by atoms with E-state index in [0.29, 0.717) is 23.8 Å². The molecule has 32 heavy (non-hydrogen) atoms. The van der Waals surface area contributed by atoms with Crippen molar-refractivity contribution < 1.29 is 19.0 Å². The number of aromatic nitrogens is 2. The van der Waals surface area contributed by atoms with Gasteiger partial charge in [0, 0.05) is 33.6 Å². The molecule has 0 spiro atoms. The molecular formula is C25H27N3O4. The highest BCUT2D eigenvalue weighted by Crippen LogP contribution is 2.37. The number of aromatic amines is 2. The molecule has 7 heteroatoms. The second-order valence-electron chi connectivity index (χ2n) is 8.05. The van der Waals surface area contributed by atoms with Gasteiger partial charge in [0.2, 0.25) is 0 Å². The maximum Gasteiger partial charge on any atom is 0.268 e. The Hall–Kier alpha value is -3.61. The first-order valence-corrected chi connectivity index (χ1v) is 10.9. The van der Waals surface area contributed by atoms with E-state index in [9.17, 15) is 4.79 Å². The molecule has 0 aliphatic heterocycles. The van der Waals surface area contributed by atoms with Gasteiger partial charge in [-0.1, -0.05) is 0 Å². The van der Waals surface area contributed by atoms with Gasteiger partial charge in [0.1, 0.15) is 11.4 Å². The van der Waals surface area contributed by atoms with Gasteiger partial charge in [-0.15, -0.1) is 0 Å². The number of carbonyl (C=O) groups is 1. The van der Waals surface area contributed by atoms with Crippen LogP contribution in [0.4, 0.5) is 0 Å². The van der Waals surface area contributed by atoms with Gasteiger partial charge < -0.3 is 29.5 Å². The van der Waals surface area contributed by atoms with Crippen molar-refractivity contribution in [3.63, 3.8) is 0 Å². The summed E-state index contributed by atoms with van der Waals surface area (Å²) >= 11 is 0. The van der Waals surface area contributed by atoms with Crippen molar-refractivity contribution >= 4 is 27.7 Å². The number of carbonyl (C=O) groups excluding carboxylic acids is 1. The van der Waals surface area contributed by atoms with Gasteiger partial charge in [0.15, 0.2) is 11.5 Å². The van der Waals surface area contributed by atoms with E-state index in [4.69, 9.17) is 14.2 Å². The summed E-state index contributed by atoms with van der Waals surface area (Å²) in [5.41, 5.74) is 4.77. The van der Waals surface area contributed by atoms with Gasteiger partial charge in [0.05, 0.1) is 26.9 Å². The molecule has 166 valence electrons. The molecule has 2 heterocycles. The molecule has 5 rings (SSSR count). The monoisotopic (exact) mass is 433 g/mol. The molecule has 2 aromatic heterocycles. The van der Waals surface area contributed by atoms with Crippen LogP contribution in [0.25, 0.3) is 21.8 Å². The Balaban J connectivity index is 1.43. The number of nitrogens with one attached hydrogen (secondary N) is 3. The summed E-state index contributed by atoms with van der Waals surface area (Å²) in [6.07, 6.45) is 2.90. The van der Waals surface area contributed by atoms with Crippen molar-refractivity contribution in [3.05, 3.63) is 53.3 Å². The number of hydrogen-bond acceptors (Lipinski definition) is 4. The Morgan fingerprint density at radius 2 is 1.88 bits per heavy atom. The number of rotatable bonds is 6. The van der Waals surface area contributed by atoms with Gasteiger partial charge in [-0.05, 0) is 62.1 Å². The predicted molar refractivity (Wildman–Crippen MR) is 124 cm³/mol. The number of amides is 1. The molecule has 1 aliphatic rings. The molecule has 0 fully saturated rings. The first-order valence-electron chi connectivity index (χ1n) is 10.9. The molecule has 4 aromatic rings. The predicted octanol–water partition coefficient (Wildman–Crippen LogP) is 4.87. The third kappa shape index (κ3) is 3.43. The van der Waals surface area contributed by atoms with E-state index in [1.807, 2.05) is 31.2 Å². The summed E-state index contributed by atoms with van der Waals surface area (Å²) in [6.45, 7) is 2.62. The molecule has 7 nitrogen and oxygen atoms in total. The number of ether oxygens (including phenoxy) is 3. The highest BCUT2D eigenvalue weighted by Gasteiger charge is 2.26. The highest BCUT2D eigenvalue weighted by atomic mass is 16.5. The summed E-state index contributed by atoms with van der Waals surface area (Å²) in [5.74, 6) is 1.99. The average Bonchev–Trinajstić information content (AvgIpc) is 3.39. The van der Waals surface area contributed by atoms with Gasteiger partial charge in [0.25, 0.3) is 5.91 Å². The summed E-state index contributed by atoms with van der Waals surface area (Å²) < 4.78 is 16.4. The highest BCUT2D eigenvalue weighted by molar-refractivity contribution is 5.99. The number of aryl methyl sites for hydroxylation is 1. The fraction of sp³-hybridized carbons (Fsp3) is 0.320. The lowest BCUT2D eigenvalue weighted by molar-refractivity contribution is 0.0927. The minimum absolute atomic E-state index is 0.0651. The van der Waals surface area contributed by atoms with Crippen LogP contribution >= 0.6 is 0 Å². The maximum atomic E-state index is 13.1. The van der Waals surface area contributed by atoms with Crippen LogP contribution in [0.2, 0.25) is 0 Å². The number of benzene rings is 2. The normalized spacial score (nSPS) is 15.5. The standard InChI is InChI=1S/C25H27N3O4/c1-4-32-15-8-9-18-17(12-15)16-6-5-7-19(24(16)27-18)28-25(29)21-10-14-11-22(30-2)23(31-3)13-20(14)26-21/h8-13,19,26-27H,4-7H2,1-3H3,(H,28,29)/t19-/m0/s1. The summed E-state index contributed by atoms with van der Waals surface area (Å²) in [5, 5.41) is 5.29. The summed E-state index contributed by atoms with van der Waals surface area (Å²) in [6, 6.07) is 11.6. The lowest BCUT2D eigenvalue weighted by atomic mass is 9.91. The Morgan fingerprint density at radius 3 is 2.66 bits per heavy atom. The zero-order valence-electron chi connectivity index (χ0n) is 18.5. The van der Waals surface area contributed by atoms with Crippen LogP contribution in [0.5, 0.6) is 17.2 Å². The minimum atomic E-state index is -0.134. The number of H-pyrrole nitrogens is 2. The van der Waals surface area contributed by atoms with Crippen LogP contribution in [0.15, 0.2) is 36.4 Å². The van der Waals surface area contributed by atoms with Crippen molar-refractivity contribution in [2.45, 2.75) is 32.2 Å². The quantitative estimate of drug-likeness (QED) is 0.405. The van der Waals surface area contributed by atoms with Crippen molar-refractivity contribution in [2.24, 2.45) is 0 Å². The van der Waals surface area contributed by atoms with Crippen molar-refractivity contribution in [1.29, 1.82) is 0 Å². The van der Waals surface area contributed by atoms with Crippen LogP contribution in [0, 0.1) is 0 Å². The third-order valence-corrected chi connectivity index (χ3v) is 6.16. The molecule has 0 bridgehead atoms. The lowest BCUT2D eigenvalue weighted by Crippen LogP contribution is -2.31. The molecule has 1 amide bonds. The van der Waals surface area contributed by atoms with Gasteiger partial charge in [-0.25, -0.2) is 0 Å². The second kappa shape index (κ2) is 8.15. The van der Waals surface area contributed by atoms with Gasteiger partial charge >= 0.3 is 0 Å². The summed E-state index contributed by atoms with van der Waals surface area (Å²) in [7, 11) is 3.20. The van der Waals surface area contributed by atoms with Crippen LogP contribution in [0.1, 0.15) is 47.6 Å². The number of fused-ring (bicyclic) bond motifs is 4. The first-order chi connectivity index (χ1) is 15.6.